The number of nitrogens with zero attached hydrogens (tertiary/aromatic N) is 3. The summed E-state index contributed by atoms with van der Waals surface area (Å²) in [6.45, 7) is 13.5. The van der Waals surface area contributed by atoms with Crippen LogP contribution in [0, 0.1) is 11.5 Å². The summed E-state index contributed by atoms with van der Waals surface area (Å²) in [7, 11) is -6.43. The van der Waals surface area contributed by atoms with Gasteiger partial charge >= 0.3 is 0 Å². The molecule has 8 aromatic rings. The van der Waals surface area contributed by atoms with E-state index in [-0.39, 0.29) is 5.04 Å². The van der Waals surface area contributed by atoms with E-state index in [1.54, 1.807) is 4.90 Å². The van der Waals surface area contributed by atoms with E-state index in [9.17, 15) is 0 Å². The van der Waals surface area contributed by atoms with Crippen LogP contribution in [-0.2, 0) is 9.59 Å². The second-order valence-corrected chi connectivity index (χ2v) is 29.3. The minimum atomic E-state index is -3.47. The molecule has 0 bridgehead atoms. The number of carbonyl (C=O) groups excluding carboxylic acids is 2. The van der Waals surface area contributed by atoms with Crippen LogP contribution in [0.25, 0.3) is 0 Å². The number of allylic oxidation sites excluding steroid dienone is 1. The molecule has 1 aliphatic rings. The zero-order valence-corrected chi connectivity index (χ0v) is 43.8. The molecule has 8 aromatic carbocycles. The number of amidine groups is 1. The number of nitrogens with one attached hydrogen (secondary N) is 1. The molecule has 9 rings (SSSR count). The number of amides is 2. The van der Waals surface area contributed by atoms with Crippen molar-refractivity contribution in [2.75, 3.05) is 9.80 Å². The standard InChI is InChI=1S/C64H60N4O2Si2/c1-63(2,3)71(52-37-20-10-21-38-52,53-39-22-11-23-40-53)48-30-47-58(72(64(4,5)6,54-41-24-12-25-42-54)55-43-26-13-27-44-55)61(69)66-59-62(70)68(51-35-18-9-19-36-51)57-46-29-28-45-56(57)60(65-59)67(49-31-14-7-15-32-49)50-33-16-8-17-34-50/h7-29,31-47,59H,1-6H3,(H,66,69)/b58-47+. The van der Waals surface area contributed by atoms with Crippen LogP contribution in [0.15, 0.2) is 253 Å². The predicted octanol–water partition coefficient (Wildman–Crippen LogP) is 11.5. The highest BCUT2D eigenvalue weighted by atomic mass is 28.3. The topological polar surface area (TPSA) is 65.0 Å². The summed E-state index contributed by atoms with van der Waals surface area (Å²) in [4.78, 5) is 41.5. The van der Waals surface area contributed by atoms with Crippen LogP contribution in [0.2, 0.25) is 10.1 Å². The van der Waals surface area contributed by atoms with E-state index >= 15 is 9.59 Å². The molecule has 1 N–H and O–H groups in total. The lowest BCUT2D eigenvalue weighted by molar-refractivity contribution is -0.124. The van der Waals surface area contributed by atoms with Gasteiger partial charge in [-0.25, -0.2) is 4.99 Å². The third-order valence-corrected chi connectivity index (χ3v) is 24.8. The first-order valence-corrected chi connectivity index (χ1v) is 28.6. The van der Waals surface area contributed by atoms with Gasteiger partial charge in [-0.2, -0.15) is 0 Å². The van der Waals surface area contributed by atoms with Crippen molar-refractivity contribution in [3.05, 3.63) is 253 Å². The zero-order valence-electron chi connectivity index (χ0n) is 41.8. The lowest BCUT2D eigenvalue weighted by Gasteiger charge is -2.45. The number of anilines is 4. The highest BCUT2D eigenvalue weighted by Crippen LogP contribution is 2.42. The number of hydrogen-bond acceptors (Lipinski definition) is 4. The molecule has 356 valence electrons. The third kappa shape index (κ3) is 9.21. The Kier molecular flexibility index (Phi) is 14.1. The van der Waals surface area contributed by atoms with E-state index in [1.807, 2.05) is 146 Å². The van der Waals surface area contributed by atoms with Gasteiger partial charge in [-0.1, -0.05) is 236 Å². The second-order valence-electron chi connectivity index (χ2n) is 20.2. The number of aliphatic imine (C=N–C) groups is 1. The molecule has 72 heavy (non-hydrogen) atoms. The Morgan fingerprint density at radius 3 is 1.39 bits per heavy atom. The average Bonchev–Trinajstić information content (AvgIpc) is 3.51. The fourth-order valence-corrected chi connectivity index (χ4v) is 20.6. The maximum Gasteiger partial charge on any atom is 0.276 e. The molecule has 1 aliphatic heterocycles. The summed E-state index contributed by atoms with van der Waals surface area (Å²) in [6.07, 6.45) is 0.517. The van der Waals surface area contributed by atoms with Crippen molar-refractivity contribution in [3.8, 4) is 11.5 Å². The Morgan fingerprint density at radius 2 is 0.944 bits per heavy atom. The summed E-state index contributed by atoms with van der Waals surface area (Å²) >= 11 is 0. The monoisotopic (exact) mass is 972 g/mol. The molecule has 1 heterocycles. The Hall–Kier alpha value is -8.10. The molecule has 6 nitrogen and oxygen atoms in total. The summed E-state index contributed by atoms with van der Waals surface area (Å²) in [5, 5.41) is 7.57. The Morgan fingerprint density at radius 1 is 0.542 bits per heavy atom. The fraction of sp³-hybridized carbons (Fsp3) is 0.141. The van der Waals surface area contributed by atoms with Gasteiger partial charge in [-0.05, 0) is 85.4 Å². The highest BCUT2D eigenvalue weighted by molar-refractivity contribution is 7.12. The van der Waals surface area contributed by atoms with Crippen LogP contribution in [-0.4, -0.2) is 40.0 Å². The molecular weight excluding hydrogens is 913 g/mol. The smallest absolute Gasteiger partial charge is 0.276 e. The summed E-state index contributed by atoms with van der Waals surface area (Å²) < 4.78 is 0. The molecule has 0 fully saturated rings. The van der Waals surface area contributed by atoms with Crippen molar-refractivity contribution in [1.82, 2.24) is 5.32 Å². The highest BCUT2D eigenvalue weighted by Gasteiger charge is 2.54. The zero-order chi connectivity index (χ0) is 50.4. The Balaban J connectivity index is 1.33. The van der Waals surface area contributed by atoms with Crippen LogP contribution < -0.4 is 35.9 Å². The van der Waals surface area contributed by atoms with Crippen LogP contribution in [0.4, 0.5) is 22.7 Å². The first-order valence-electron chi connectivity index (χ1n) is 24.6. The second kappa shape index (κ2) is 20.7. The predicted molar refractivity (Wildman–Crippen MR) is 305 cm³/mol. The number of fused-ring (bicyclic) bond motifs is 1. The molecule has 0 spiro atoms. The van der Waals surface area contributed by atoms with Gasteiger partial charge < -0.3 is 5.32 Å². The van der Waals surface area contributed by atoms with Gasteiger partial charge in [-0.3, -0.25) is 19.4 Å². The van der Waals surface area contributed by atoms with Gasteiger partial charge in [0, 0.05) is 27.8 Å². The SMILES string of the molecule is CC(C)(C)[Si](C#C/C=C(\C(=O)NC1N=C(N(c2ccccc2)c2ccccc2)c2ccccc2N(c2ccccc2)C1=O)[Si](c1ccccc1)(c1ccccc1)C(C)(C)C)(c1ccccc1)c1ccccc1. The summed E-state index contributed by atoms with van der Waals surface area (Å²) in [6, 6.07) is 79.6. The van der Waals surface area contributed by atoms with Crippen molar-refractivity contribution >= 4 is 77.3 Å². The van der Waals surface area contributed by atoms with Crippen molar-refractivity contribution < 1.29 is 9.59 Å². The quantitative estimate of drug-likeness (QED) is 0.0844. The average molecular weight is 973 g/mol. The maximum absolute atomic E-state index is 16.5. The van der Waals surface area contributed by atoms with E-state index in [4.69, 9.17) is 4.99 Å². The van der Waals surface area contributed by atoms with Gasteiger partial charge in [0.15, 0.2) is 8.07 Å². The molecule has 0 saturated carbocycles. The van der Waals surface area contributed by atoms with E-state index < -0.39 is 39.2 Å². The largest absolute Gasteiger partial charge is 0.323 e. The lowest BCUT2D eigenvalue weighted by Crippen LogP contribution is -2.68. The molecule has 0 aliphatic carbocycles. The lowest BCUT2D eigenvalue weighted by atomic mass is 10.1. The Labute approximate surface area is 427 Å². The van der Waals surface area contributed by atoms with Gasteiger partial charge in [0.05, 0.1) is 5.69 Å². The van der Waals surface area contributed by atoms with Crippen molar-refractivity contribution in [3.63, 3.8) is 0 Å². The maximum atomic E-state index is 16.5. The summed E-state index contributed by atoms with van der Waals surface area (Å²) in [5.41, 5.74) is 7.68. The van der Waals surface area contributed by atoms with Crippen LogP contribution in [0.5, 0.6) is 0 Å². The third-order valence-electron chi connectivity index (χ3n) is 13.8. The fourth-order valence-electron chi connectivity index (χ4n) is 10.6. The van der Waals surface area contributed by atoms with Crippen LogP contribution in [0.1, 0.15) is 47.1 Å². The van der Waals surface area contributed by atoms with Gasteiger partial charge in [-0.15, -0.1) is 5.54 Å². The minimum absolute atomic E-state index is 0.270. The summed E-state index contributed by atoms with van der Waals surface area (Å²) in [5.74, 6) is 3.38. The number of carbonyl (C=O) groups is 2. The van der Waals surface area contributed by atoms with Gasteiger partial charge in [0.2, 0.25) is 20.1 Å². The van der Waals surface area contributed by atoms with E-state index in [0.717, 1.165) is 27.3 Å². The first-order chi connectivity index (χ1) is 34.9. The van der Waals surface area contributed by atoms with Gasteiger partial charge in [0.1, 0.15) is 5.84 Å². The van der Waals surface area contributed by atoms with Crippen molar-refractivity contribution in [1.29, 1.82) is 0 Å². The number of benzene rings is 8. The van der Waals surface area contributed by atoms with Gasteiger partial charge in [0.25, 0.3) is 5.91 Å². The first kappa shape index (κ1) is 48.9. The molecule has 1 atom stereocenters. The molecule has 1 unspecified atom stereocenters. The number of hydrogen-bond donors (Lipinski definition) is 1. The van der Waals surface area contributed by atoms with Crippen molar-refractivity contribution in [2.24, 2.45) is 4.99 Å². The minimum Gasteiger partial charge on any atom is -0.323 e. The molecular formula is C64H60N4O2Si2. The van der Waals surface area contributed by atoms with E-state index in [0.29, 0.717) is 22.4 Å². The van der Waals surface area contributed by atoms with Crippen molar-refractivity contribution in [2.45, 2.75) is 57.8 Å². The van der Waals surface area contributed by atoms with E-state index in [1.165, 1.54) is 10.4 Å². The number of benzodiazepines with no additional fused rings is 1. The molecule has 8 heteroatoms. The van der Waals surface area contributed by atoms with E-state index in [2.05, 4.69) is 160 Å². The van der Waals surface area contributed by atoms with Crippen LogP contribution in [0.3, 0.4) is 0 Å². The number of para-hydroxylation sites is 4. The molecule has 0 saturated heterocycles. The number of rotatable bonds is 10. The van der Waals surface area contributed by atoms with Crippen LogP contribution >= 0.6 is 0 Å². The Bertz CT molecular complexity index is 3150. The molecule has 2 amide bonds. The molecule has 0 aromatic heterocycles. The molecule has 0 radical (unpaired) electrons. The normalized spacial score (nSPS) is 14.2.